The molecular weight excluding hydrogens is 214 g/mol. The zero-order valence-corrected chi connectivity index (χ0v) is 11.9. The van der Waals surface area contributed by atoms with E-state index in [0.29, 0.717) is 5.92 Å². The third-order valence-electron chi connectivity index (χ3n) is 6.27. The molecule has 3 rings (SSSR count). The van der Waals surface area contributed by atoms with E-state index in [0.717, 1.165) is 23.7 Å². The molecule has 0 amide bonds. The minimum atomic E-state index is -0.456. The van der Waals surface area contributed by atoms with E-state index in [4.69, 9.17) is 15.7 Å². The average Bonchev–Trinajstić information content (AvgIpc) is 2.37. The Balaban J connectivity index is 1.84. The van der Waals surface area contributed by atoms with E-state index in [1.165, 1.54) is 57.8 Å². The molecule has 96 valence electrons. The first-order valence-corrected chi connectivity index (χ1v) is 8.15. The van der Waals surface area contributed by atoms with Crippen LogP contribution in [0.3, 0.4) is 0 Å². The van der Waals surface area contributed by atoms with Crippen molar-refractivity contribution in [3.05, 3.63) is 0 Å². The normalized spacial score (nSPS) is 45.1. The molecule has 0 aromatic heterocycles. The van der Waals surface area contributed by atoms with Gasteiger partial charge in [-0.1, -0.05) is 44.2 Å². The second-order valence-corrected chi connectivity index (χ2v) is 7.53. The largest absolute Gasteiger partial charge is 0.0987 e. The van der Waals surface area contributed by atoms with Crippen LogP contribution in [0.2, 0.25) is 5.21 Å². The lowest BCUT2D eigenvalue weighted by molar-refractivity contribution is -0.0197. The summed E-state index contributed by atoms with van der Waals surface area (Å²) in [5.74, 6) is 4.31. The highest BCUT2D eigenvalue weighted by atomic mass is 14.5. The lowest BCUT2D eigenvalue weighted by atomic mass is 9.40. The van der Waals surface area contributed by atoms with Crippen molar-refractivity contribution < 1.29 is 0 Å². The first kappa shape index (κ1) is 13.1. The fraction of sp³-hybridized carbons (Fsp3) is 1.00. The average molecular weight is 240 g/mol. The molecule has 0 aromatic carbocycles. The maximum atomic E-state index is 6.32. The van der Waals surface area contributed by atoms with Gasteiger partial charge in [-0.15, -0.1) is 0 Å². The van der Waals surface area contributed by atoms with Gasteiger partial charge in [0.15, 0.2) is 0 Å². The predicted octanol–water partition coefficient (Wildman–Crippen LogP) is 4.09. The lowest BCUT2D eigenvalue weighted by Crippen LogP contribution is -2.46. The molecule has 0 aliphatic heterocycles. The summed E-state index contributed by atoms with van der Waals surface area (Å²) in [7, 11) is 12.6. The van der Waals surface area contributed by atoms with Gasteiger partial charge in [0.25, 0.3) is 0 Å². The van der Waals surface area contributed by atoms with Gasteiger partial charge in [0, 0.05) is 0 Å². The molecule has 0 spiro atoms. The minimum absolute atomic E-state index is 0.456. The van der Waals surface area contributed by atoms with Gasteiger partial charge in [-0.25, -0.2) is 0 Å². The predicted molar refractivity (Wildman–Crippen MR) is 78.9 cm³/mol. The summed E-state index contributed by atoms with van der Waals surface area (Å²) in [6.07, 6.45) is 12.9. The second kappa shape index (κ2) is 4.91. The van der Waals surface area contributed by atoms with Crippen LogP contribution in [0.15, 0.2) is 0 Å². The summed E-state index contributed by atoms with van der Waals surface area (Å²) < 4.78 is 0. The Morgan fingerprint density at radius 2 is 1.33 bits per heavy atom. The molecule has 5 atom stereocenters. The Morgan fingerprint density at radius 3 is 2.00 bits per heavy atom. The fourth-order valence-corrected chi connectivity index (χ4v) is 5.53. The number of rotatable bonds is 1. The fourth-order valence-electron chi connectivity index (χ4n) is 5.53. The van der Waals surface area contributed by atoms with Crippen LogP contribution in [-0.2, 0) is 0 Å². The molecule has 5 unspecified atom stereocenters. The highest BCUT2D eigenvalue weighted by molar-refractivity contribution is 6.39. The maximum Gasteiger partial charge on any atom is 0.0620 e. The van der Waals surface area contributed by atoms with Gasteiger partial charge in [0.2, 0.25) is 0 Å². The van der Waals surface area contributed by atoms with E-state index >= 15 is 0 Å². The second-order valence-electron chi connectivity index (χ2n) is 7.53. The molecule has 0 N–H and O–H groups in total. The minimum Gasteiger partial charge on any atom is -0.0987 e. The van der Waals surface area contributed by atoms with Gasteiger partial charge >= 0.3 is 0 Å². The molecule has 0 nitrogen and oxygen atoms in total. The van der Waals surface area contributed by atoms with Crippen molar-refractivity contribution in [2.45, 2.75) is 69.9 Å². The summed E-state index contributed by atoms with van der Waals surface area (Å²) in [5, 5.41) is -0.456. The van der Waals surface area contributed by atoms with E-state index in [2.05, 4.69) is 6.92 Å². The number of hydrogen-bond acceptors (Lipinski definition) is 0. The topological polar surface area (TPSA) is 0 Å². The van der Waals surface area contributed by atoms with Gasteiger partial charge in [-0.05, 0) is 55.3 Å². The van der Waals surface area contributed by atoms with E-state index in [1.54, 1.807) is 0 Å². The molecule has 3 aliphatic rings. The highest BCUT2D eigenvalue weighted by Crippen LogP contribution is 2.57. The van der Waals surface area contributed by atoms with Crippen LogP contribution in [0.4, 0.5) is 0 Å². The maximum absolute atomic E-state index is 6.32. The monoisotopic (exact) mass is 240 g/mol. The van der Waals surface area contributed by atoms with Gasteiger partial charge in [-0.2, -0.15) is 0 Å². The number of hydrogen-bond donors (Lipinski definition) is 0. The zero-order valence-electron chi connectivity index (χ0n) is 11.9. The molecule has 3 saturated carbocycles. The van der Waals surface area contributed by atoms with Crippen LogP contribution < -0.4 is 0 Å². The first-order chi connectivity index (χ1) is 8.57. The molecular formula is C16H26B2. The molecule has 0 saturated heterocycles. The van der Waals surface area contributed by atoms with Crippen LogP contribution >= 0.6 is 0 Å². The molecule has 3 aliphatic carbocycles. The van der Waals surface area contributed by atoms with Crippen molar-refractivity contribution in [3.8, 4) is 0 Å². The van der Waals surface area contributed by atoms with E-state index in [9.17, 15) is 0 Å². The molecule has 3 fully saturated rings. The van der Waals surface area contributed by atoms with Crippen LogP contribution in [0.25, 0.3) is 0 Å². The van der Waals surface area contributed by atoms with Gasteiger partial charge < -0.3 is 0 Å². The Hall–Kier alpha value is 0.130. The Kier molecular flexibility index (Phi) is 3.58. The lowest BCUT2D eigenvalue weighted by Gasteiger charge is -2.55. The van der Waals surface area contributed by atoms with Gasteiger partial charge in [0.1, 0.15) is 0 Å². The van der Waals surface area contributed by atoms with E-state index < -0.39 is 5.21 Å². The van der Waals surface area contributed by atoms with Crippen LogP contribution in [0.1, 0.15) is 64.7 Å². The Labute approximate surface area is 115 Å². The van der Waals surface area contributed by atoms with Crippen molar-refractivity contribution in [2.24, 2.45) is 29.6 Å². The number of fused-ring (bicyclic) bond motifs is 3. The molecule has 0 bridgehead atoms. The van der Waals surface area contributed by atoms with Crippen molar-refractivity contribution in [2.75, 3.05) is 0 Å². The smallest absolute Gasteiger partial charge is 0.0620 e. The molecule has 2 heteroatoms. The summed E-state index contributed by atoms with van der Waals surface area (Å²) in [6, 6.07) is 0. The van der Waals surface area contributed by atoms with Crippen LogP contribution in [0.5, 0.6) is 0 Å². The van der Waals surface area contributed by atoms with Crippen molar-refractivity contribution in [1.82, 2.24) is 0 Å². The Morgan fingerprint density at radius 1 is 0.778 bits per heavy atom. The zero-order chi connectivity index (χ0) is 12.8. The van der Waals surface area contributed by atoms with E-state index in [1.807, 2.05) is 0 Å². The summed E-state index contributed by atoms with van der Waals surface area (Å²) in [6.45, 7) is 2.06. The van der Waals surface area contributed by atoms with E-state index in [-0.39, 0.29) is 0 Å². The third kappa shape index (κ3) is 2.29. The van der Waals surface area contributed by atoms with Crippen molar-refractivity contribution in [1.29, 1.82) is 0 Å². The summed E-state index contributed by atoms with van der Waals surface area (Å²) in [5.41, 5.74) is 0. The molecule has 0 heterocycles. The van der Waals surface area contributed by atoms with Gasteiger partial charge in [-0.3, -0.25) is 0 Å². The van der Waals surface area contributed by atoms with Crippen molar-refractivity contribution >= 4 is 15.7 Å². The Bertz CT molecular complexity index is 294. The summed E-state index contributed by atoms with van der Waals surface area (Å²) in [4.78, 5) is 0. The standard InChI is InChI=1S/C16H26B2/c1-16(17,18)15-10-11-6-2-3-7-12(11)13-8-4-5-9-14(13)15/h11-15H,2-10H2,1H3. The highest BCUT2D eigenvalue weighted by Gasteiger charge is 2.48. The molecule has 18 heavy (non-hydrogen) atoms. The molecule has 4 radical (unpaired) electrons. The first-order valence-electron chi connectivity index (χ1n) is 8.15. The van der Waals surface area contributed by atoms with Gasteiger partial charge in [0.05, 0.1) is 15.7 Å². The SMILES string of the molecule is [B]C([B])(C)C1CC2CCCCC2C2CCCCC21. The van der Waals surface area contributed by atoms with Crippen LogP contribution in [-0.4, -0.2) is 15.7 Å². The quantitative estimate of drug-likeness (QED) is 0.605. The third-order valence-corrected chi connectivity index (χ3v) is 6.27. The van der Waals surface area contributed by atoms with Crippen molar-refractivity contribution in [3.63, 3.8) is 0 Å². The van der Waals surface area contributed by atoms with Crippen LogP contribution in [0, 0.1) is 29.6 Å². The molecule has 0 aromatic rings. The summed E-state index contributed by atoms with van der Waals surface area (Å²) >= 11 is 0.